The van der Waals surface area contributed by atoms with E-state index in [0.717, 1.165) is 6.07 Å². The number of nitrogens with zero attached hydrogens (tertiary/aromatic N) is 2. The van der Waals surface area contributed by atoms with E-state index >= 15 is 0 Å². The van der Waals surface area contributed by atoms with Crippen molar-refractivity contribution in [3.63, 3.8) is 0 Å². The van der Waals surface area contributed by atoms with E-state index < -0.39 is 11.6 Å². The fraction of sp³-hybridized carbons (Fsp3) is 0. The zero-order chi connectivity index (χ0) is 13.4. The zero-order valence-electron chi connectivity index (χ0n) is 9.32. The van der Waals surface area contributed by atoms with Crippen molar-refractivity contribution in [3.05, 3.63) is 46.6 Å². The maximum absolute atomic E-state index is 13.6. The zero-order valence-corrected chi connectivity index (χ0v) is 10.9. The Hall–Kier alpha value is -1.79. The molecule has 96 valence electrons. The van der Waals surface area contributed by atoms with Crippen molar-refractivity contribution >= 4 is 44.7 Å². The number of aromatic nitrogens is 2. The second-order valence-electron chi connectivity index (χ2n) is 3.71. The van der Waals surface area contributed by atoms with Gasteiger partial charge in [0.15, 0.2) is 11.6 Å². The molecule has 0 radical (unpaired) electrons. The van der Waals surface area contributed by atoms with E-state index in [-0.39, 0.29) is 11.0 Å². The van der Waals surface area contributed by atoms with Crippen LogP contribution in [0.4, 0.5) is 20.3 Å². The van der Waals surface area contributed by atoms with Crippen molar-refractivity contribution in [1.82, 2.24) is 9.97 Å². The van der Waals surface area contributed by atoms with Gasteiger partial charge in [-0.2, -0.15) is 4.98 Å². The Morgan fingerprint density at radius 2 is 2.00 bits per heavy atom. The van der Waals surface area contributed by atoms with Crippen LogP contribution in [0.25, 0.3) is 10.2 Å². The minimum absolute atomic E-state index is 0.00210. The minimum atomic E-state index is -0.958. The van der Waals surface area contributed by atoms with E-state index in [1.165, 1.54) is 23.5 Å². The lowest BCUT2D eigenvalue weighted by Gasteiger charge is -2.08. The molecule has 7 heteroatoms. The molecule has 1 aromatic carbocycles. The Balaban J connectivity index is 2.10. The lowest BCUT2D eigenvalue weighted by Crippen LogP contribution is -1.99. The first-order valence-electron chi connectivity index (χ1n) is 5.27. The quantitative estimate of drug-likeness (QED) is 0.714. The summed E-state index contributed by atoms with van der Waals surface area (Å²) in [5, 5.41) is 5.32. The third-order valence-corrected chi connectivity index (χ3v) is 3.48. The van der Waals surface area contributed by atoms with Gasteiger partial charge in [-0.15, -0.1) is 11.3 Å². The van der Waals surface area contributed by atoms with Gasteiger partial charge in [0.2, 0.25) is 5.28 Å². The summed E-state index contributed by atoms with van der Waals surface area (Å²) < 4.78 is 26.7. The second-order valence-corrected chi connectivity index (χ2v) is 4.94. The topological polar surface area (TPSA) is 37.8 Å². The highest BCUT2D eigenvalue weighted by molar-refractivity contribution is 7.16. The smallest absolute Gasteiger partial charge is 0.225 e. The van der Waals surface area contributed by atoms with E-state index in [2.05, 4.69) is 15.3 Å². The van der Waals surface area contributed by atoms with Gasteiger partial charge in [-0.3, -0.25) is 0 Å². The van der Waals surface area contributed by atoms with E-state index in [1.54, 1.807) is 6.07 Å². The standard InChI is InChI=1S/C12H6ClF2N3S/c13-12-17-10(6-4-5-19-11(6)18-12)16-8-3-1-2-7(14)9(8)15/h1-5H,(H,16,17,18). The number of halogens is 3. The van der Waals surface area contributed by atoms with Crippen molar-refractivity contribution in [3.8, 4) is 0 Å². The Morgan fingerprint density at radius 1 is 1.16 bits per heavy atom. The Bertz CT molecular complexity index is 760. The number of thiophene rings is 1. The monoisotopic (exact) mass is 297 g/mol. The van der Waals surface area contributed by atoms with Crippen molar-refractivity contribution in [2.45, 2.75) is 0 Å². The largest absolute Gasteiger partial charge is 0.337 e. The van der Waals surface area contributed by atoms with E-state index in [0.29, 0.717) is 16.0 Å². The first kappa shape index (κ1) is 12.3. The van der Waals surface area contributed by atoms with Crippen molar-refractivity contribution in [2.75, 3.05) is 5.32 Å². The molecule has 0 unspecified atom stereocenters. The van der Waals surface area contributed by atoms with E-state index in [9.17, 15) is 8.78 Å². The summed E-state index contributed by atoms with van der Waals surface area (Å²) >= 11 is 7.18. The van der Waals surface area contributed by atoms with E-state index in [1.807, 2.05) is 5.38 Å². The number of rotatable bonds is 2. The Morgan fingerprint density at radius 3 is 2.84 bits per heavy atom. The molecule has 0 aliphatic rings. The van der Waals surface area contributed by atoms with Gasteiger partial charge in [0.1, 0.15) is 10.6 Å². The molecule has 0 fully saturated rings. The highest BCUT2D eigenvalue weighted by atomic mass is 35.5. The van der Waals surface area contributed by atoms with Gasteiger partial charge in [-0.25, -0.2) is 13.8 Å². The average Bonchev–Trinajstić information content (AvgIpc) is 2.83. The molecule has 1 N–H and O–H groups in total. The maximum Gasteiger partial charge on any atom is 0.225 e. The van der Waals surface area contributed by atoms with Gasteiger partial charge >= 0.3 is 0 Å². The number of fused-ring (bicyclic) bond motifs is 1. The lowest BCUT2D eigenvalue weighted by atomic mass is 10.3. The van der Waals surface area contributed by atoms with Gasteiger partial charge in [-0.05, 0) is 35.2 Å². The van der Waals surface area contributed by atoms with E-state index in [4.69, 9.17) is 11.6 Å². The molecule has 19 heavy (non-hydrogen) atoms. The van der Waals surface area contributed by atoms with Gasteiger partial charge in [0.05, 0.1) is 11.1 Å². The minimum Gasteiger partial charge on any atom is -0.337 e. The van der Waals surface area contributed by atoms with Crippen molar-refractivity contribution < 1.29 is 8.78 Å². The highest BCUT2D eigenvalue weighted by Gasteiger charge is 2.12. The molecule has 0 spiro atoms. The van der Waals surface area contributed by atoms with Crippen LogP contribution in [0.5, 0.6) is 0 Å². The SMILES string of the molecule is Fc1cccc(Nc2nc(Cl)nc3sccc23)c1F. The number of anilines is 2. The number of hydrogen-bond donors (Lipinski definition) is 1. The van der Waals surface area contributed by atoms with Crippen LogP contribution in [0, 0.1) is 11.6 Å². The molecule has 3 aromatic rings. The maximum atomic E-state index is 13.6. The van der Waals surface area contributed by atoms with Crippen LogP contribution in [0.15, 0.2) is 29.6 Å². The molecule has 0 bridgehead atoms. The first-order chi connectivity index (χ1) is 9.15. The molecule has 2 heterocycles. The molecule has 0 aliphatic heterocycles. The van der Waals surface area contributed by atoms with Crippen LogP contribution in [-0.4, -0.2) is 9.97 Å². The molecule has 3 nitrogen and oxygen atoms in total. The second kappa shape index (κ2) is 4.71. The summed E-state index contributed by atoms with van der Waals surface area (Å²) in [4.78, 5) is 8.72. The summed E-state index contributed by atoms with van der Waals surface area (Å²) in [6.45, 7) is 0. The molecule has 0 aliphatic carbocycles. The molecule has 0 atom stereocenters. The van der Waals surface area contributed by atoms with Gasteiger partial charge in [-0.1, -0.05) is 6.07 Å². The van der Waals surface area contributed by atoms with Gasteiger partial charge in [0, 0.05) is 0 Å². The van der Waals surface area contributed by atoms with Crippen LogP contribution < -0.4 is 5.32 Å². The third kappa shape index (κ3) is 2.24. The van der Waals surface area contributed by atoms with Crippen LogP contribution in [0.2, 0.25) is 5.28 Å². The molecule has 0 amide bonds. The van der Waals surface area contributed by atoms with Gasteiger partial charge in [0.25, 0.3) is 0 Å². The highest BCUT2D eigenvalue weighted by Crippen LogP contribution is 2.29. The predicted molar refractivity (Wildman–Crippen MR) is 72.1 cm³/mol. The number of nitrogens with one attached hydrogen (secondary N) is 1. The first-order valence-corrected chi connectivity index (χ1v) is 6.52. The summed E-state index contributed by atoms with van der Waals surface area (Å²) in [6.07, 6.45) is 0. The summed E-state index contributed by atoms with van der Waals surface area (Å²) in [5.74, 6) is -1.53. The number of hydrogen-bond acceptors (Lipinski definition) is 4. The van der Waals surface area contributed by atoms with Crippen LogP contribution in [0.3, 0.4) is 0 Å². The molecular formula is C12H6ClF2N3S. The molecular weight excluding hydrogens is 292 g/mol. The predicted octanol–water partition coefficient (Wildman–Crippen LogP) is 4.37. The Kier molecular flexibility index (Phi) is 3.04. The third-order valence-electron chi connectivity index (χ3n) is 2.50. The fourth-order valence-electron chi connectivity index (χ4n) is 1.65. The Labute approximate surface area is 115 Å². The fourth-order valence-corrected chi connectivity index (χ4v) is 2.64. The molecule has 3 rings (SSSR count). The van der Waals surface area contributed by atoms with Crippen LogP contribution in [0.1, 0.15) is 0 Å². The summed E-state index contributed by atoms with van der Waals surface area (Å²) in [7, 11) is 0. The average molecular weight is 298 g/mol. The molecule has 2 aromatic heterocycles. The van der Waals surface area contributed by atoms with Crippen LogP contribution in [-0.2, 0) is 0 Å². The normalized spacial score (nSPS) is 10.9. The molecule has 0 saturated heterocycles. The van der Waals surface area contributed by atoms with Gasteiger partial charge < -0.3 is 5.32 Å². The number of benzene rings is 1. The summed E-state index contributed by atoms with van der Waals surface area (Å²) in [6, 6.07) is 5.67. The lowest BCUT2D eigenvalue weighted by molar-refractivity contribution is 0.512. The summed E-state index contributed by atoms with van der Waals surface area (Å²) in [5.41, 5.74) is 0.00210. The van der Waals surface area contributed by atoms with Crippen LogP contribution >= 0.6 is 22.9 Å². The van der Waals surface area contributed by atoms with Crippen molar-refractivity contribution in [1.29, 1.82) is 0 Å². The molecule has 0 saturated carbocycles. The van der Waals surface area contributed by atoms with Crippen molar-refractivity contribution in [2.24, 2.45) is 0 Å².